The van der Waals surface area contributed by atoms with Crippen molar-refractivity contribution in [2.75, 3.05) is 13.2 Å². The number of rotatable bonds is 0. The van der Waals surface area contributed by atoms with Crippen LogP contribution < -0.4 is 0 Å². The molecule has 22 atom stereocenters. The fourth-order valence-corrected chi connectivity index (χ4v) is 19.0. The second kappa shape index (κ2) is 13.1. The molecule has 5 heterocycles. The first-order valence-corrected chi connectivity index (χ1v) is 26.0. The Kier molecular flexibility index (Phi) is 8.73. The Balaban J connectivity index is 0.760. The predicted octanol–water partition coefficient (Wildman–Crippen LogP) is 6.33. The largest absolute Gasteiger partial charge is 0.392 e. The third-order valence-corrected chi connectivity index (χ3v) is 23.2. The van der Waals surface area contributed by atoms with Gasteiger partial charge in [-0.2, -0.15) is 0 Å². The molecule has 12 aliphatic rings. The van der Waals surface area contributed by atoms with Crippen LogP contribution in [0.25, 0.3) is 0 Å². The van der Waals surface area contributed by atoms with Crippen LogP contribution in [0.15, 0.2) is 23.3 Å². The van der Waals surface area contributed by atoms with Crippen molar-refractivity contribution in [1.82, 2.24) is 9.97 Å². The molecule has 356 valence electrons. The molecule has 4 saturated heterocycles. The van der Waals surface area contributed by atoms with Gasteiger partial charge in [0.15, 0.2) is 11.6 Å². The molecule has 2 unspecified atom stereocenters. The van der Waals surface area contributed by atoms with Gasteiger partial charge in [-0.1, -0.05) is 64.8 Å². The summed E-state index contributed by atoms with van der Waals surface area (Å²) < 4.78 is 26.4. The molecule has 0 amide bonds. The zero-order chi connectivity index (χ0) is 45.4. The van der Waals surface area contributed by atoms with Crippen LogP contribution in [0.2, 0.25) is 0 Å². The minimum absolute atomic E-state index is 0.0122. The van der Waals surface area contributed by atoms with Gasteiger partial charge in [0, 0.05) is 41.4 Å². The Morgan fingerprint density at radius 1 is 0.615 bits per heavy atom. The molecule has 11 heteroatoms. The van der Waals surface area contributed by atoms with E-state index in [1.54, 1.807) is 6.92 Å². The van der Waals surface area contributed by atoms with Crippen LogP contribution in [0.3, 0.4) is 0 Å². The Hall–Kier alpha value is -1.80. The van der Waals surface area contributed by atoms with Gasteiger partial charge < -0.3 is 44.5 Å². The first-order valence-electron chi connectivity index (χ1n) is 26.0. The lowest BCUT2D eigenvalue weighted by atomic mass is 9.44. The highest BCUT2D eigenvalue weighted by Crippen LogP contribution is 2.72. The first kappa shape index (κ1) is 43.2. The summed E-state index contributed by atoms with van der Waals surface area (Å²) in [5, 5.41) is 59.2. The molecule has 8 aliphatic carbocycles. The maximum absolute atomic E-state index is 12.9. The van der Waals surface area contributed by atoms with Crippen LogP contribution in [-0.4, -0.2) is 102 Å². The van der Waals surface area contributed by atoms with Crippen molar-refractivity contribution in [2.24, 2.45) is 74.9 Å². The van der Waals surface area contributed by atoms with E-state index in [0.717, 1.165) is 63.5 Å². The molecule has 4 aliphatic heterocycles. The molecular weight excluding hydrogens is 821 g/mol. The molecule has 4 saturated carbocycles. The van der Waals surface area contributed by atoms with Crippen LogP contribution in [0, 0.1) is 74.9 Å². The summed E-state index contributed by atoms with van der Waals surface area (Å²) in [7, 11) is 0. The zero-order valence-electron chi connectivity index (χ0n) is 40.2. The second-order valence-corrected chi connectivity index (χ2v) is 26.2. The summed E-state index contributed by atoms with van der Waals surface area (Å²) in [6.45, 7) is 17.8. The van der Waals surface area contributed by atoms with Crippen molar-refractivity contribution in [3.8, 4) is 0 Å². The van der Waals surface area contributed by atoms with E-state index in [9.17, 15) is 25.5 Å². The third-order valence-electron chi connectivity index (χ3n) is 23.2. The minimum Gasteiger partial charge on any atom is -0.392 e. The number of hydrogen-bond donors (Lipinski definition) is 5. The molecule has 5 N–H and O–H groups in total. The van der Waals surface area contributed by atoms with Gasteiger partial charge in [-0.15, -0.1) is 0 Å². The molecule has 1 aromatic rings. The molecule has 2 spiro atoms. The van der Waals surface area contributed by atoms with Crippen molar-refractivity contribution >= 4 is 0 Å². The molecular formula is C54H76N2O9. The Morgan fingerprint density at radius 3 is 1.71 bits per heavy atom. The normalized spacial score (nSPS) is 59.1. The van der Waals surface area contributed by atoms with E-state index in [0.29, 0.717) is 55.8 Å². The number of fused-ring (bicyclic) bond motifs is 16. The molecule has 13 rings (SSSR count). The van der Waals surface area contributed by atoms with Crippen LogP contribution in [0.4, 0.5) is 0 Å². The van der Waals surface area contributed by atoms with E-state index in [2.05, 4.69) is 46.8 Å². The second-order valence-electron chi connectivity index (χ2n) is 26.2. The van der Waals surface area contributed by atoms with Gasteiger partial charge in [0.1, 0.15) is 11.7 Å². The van der Waals surface area contributed by atoms with Gasteiger partial charge in [-0.3, -0.25) is 9.97 Å². The van der Waals surface area contributed by atoms with Gasteiger partial charge in [0.2, 0.25) is 0 Å². The minimum atomic E-state index is -1.31. The average molecular weight is 897 g/mol. The van der Waals surface area contributed by atoms with Crippen molar-refractivity contribution in [1.29, 1.82) is 0 Å². The van der Waals surface area contributed by atoms with Gasteiger partial charge in [0.25, 0.3) is 0 Å². The van der Waals surface area contributed by atoms with Crippen molar-refractivity contribution < 1.29 is 44.5 Å². The standard InChI is InChI=1S/C54H76N2O9/c1-27-45-41(64-52(27)15-13-46(3,59)25-62-52)19-35-31-11-9-29-17-37-39(23-48(29,5)33(31)20-42(57)50(35,45)7)55-38-18-30-10-12-32-34(49(30,6)24-40(38)56-37)21-43(58)51(8)36(32)22-44-54(51,61)28(2)53(65-44)16-14-47(4,60)26-63-53/h19,22,27-34,41-45,57-61H,9-18,20-21,23-26H2,1-8H3/t27-,28+,29-,30-,31+,32+,33-,34-,41+,42-,43+,44-,45-,46-,47-,48-,49-,50?,51?,52+,53+,54+/m0/s1. The van der Waals surface area contributed by atoms with E-state index in [4.69, 9.17) is 28.9 Å². The topological polar surface area (TPSA) is 164 Å². The van der Waals surface area contributed by atoms with E-state index < -0.39 is 52.1 Å². The molecule has 11 nitrogen and oxygen atoms in total. The maximum Gasteiger partial charge on any atom is 0.174 e. The summed E-state index contributed by atoms with van der Waals surface area (Å²) >= 11 is 0. The summed E-state index contributed by atoms with van der Waals surface area (Å²) in [5.74, 6) is 0.408. The van der Waals surface area contributed by atoms with E-state index >= 15 is 0 Å². The lowest BCUT2D eigenvalue weighted by Crippen LogP contribution is -2.64. The summed E-state index contributed by atoms with van der Waals surface area (Å²) in [5.41, 5.74) is 3.00. The van der Waals surface area contributed by atoms with Crippen LogP contribution in [-0.2, 0) is 44.6 Å². The summed E-state index contributed by atoms with van der Waals surface area (Å²) in [4.78, 5) is 11.2. The fraction of sp³-hybridized carbons (Fsp3) is 0.852. The average Bonchev–Trinajstić information content (AvgIpc) is 3.86. The lowest BCUT2D eigenvalue weighted by Gasteiger charge is -2.61. The smallest absolute Gasteiger partial charge is 0.174 e. The number of aliphatic hydroxyl groups is 5. The molecule has 65 heavy (non-hydrogen) atoms. The van der Waals surface area contributed by atoms with Crippen molar-refractivity contribution in [2.45, 2.75) is 198 Å². The summed E-state index contributed by atoms with van der Waals surface area (Å²) in [6, 6.07) is 0. The molecule has 0 radical (unpaired) electrons. The Morgan fingerprint density at radius 2 is 1.15 bits per heavy atom. The van der Waals surface area contributed by atoms with E-state index in [1.807, 2.05) is 13.8 Å². The molecule has 8 fully saturated rings. The fourth-order valence-electron chi connectivity index (χ4n) is 19.0. The Labute approximate surface area is 385 Å². The SMILES string of the molecule is C[C@@H]1[C@@]2(CC[C@](C)(O)CO2)O[C@H]2C=C3[C@@H]4CC[C@H]5Cc6nc7c(nc6C[C@]5(C)[C@H]4C[C@@H](O)C3(C)[C@]21O)C[C@@H]1CC[C@H]2C3=C[C@H]4O[C@]5(CC[C@](C)(O)CO5)[C@@H](C)[C@@H]4C3(C)[C@@H](O)C[C@@H]2[C@@]1(C)C7. The van der Waals surface area contributed by atoms with Crippen LogP contribution in [0.1, 0.15) is 142 Å². The summed E-state index contributed by atoms with van der Waals surface area (Å²) in [6.07, 6.45) is 14.6. The first-order chi connectivity index (χ1) is 30.5. The highest BCUT2D eigenvalue weighted by molar-refractivity contribution is 5.43. The predicted molar refractivity (Wildman–Crippen MR) is 240 cm³/mol. The van der Waals surface area contributed by atoms with Gasteiger partial charge in [-0.05, 0) is 137 Å². The van der Waals surface area contributed by atoms with E-state index in [-0.39, 0.29) is 65.2 Å². The zero-order valence-corrected chi connectivity index (χ0v) is 40.2. The highest BCUT2D eigenvalue weighted by atomic mass is 16.7. The van der Waals surface area contributed by atoms with Crippen molar-refractivity contribution in [3.05, 3.63) is 46.1 Å². The van der Waals surface area contributed by atoms with Gasteiger partial charge in [-0.25, -0.2) is 0 Å². The van der Waals surface area contributed by atoms with Gasteiger partial charge >= 0.3 is 0 Å². The number of aliphatic hydroxyl groups excluding tert-OH is 2. The van der Waals surface area contributed by atoms with Crippen LogP contribution >= 0.6 is 0 Å². The molecule has 0 aromatic carbocycles. The Bertz CT molecular complexity index is 2270. The maximum atomic E-state index is 12.9. The quantitative estimate of drug-likeness (QED) is 0.185. The van der Waals surface area contributed by atoms with E-state index in [1.165, 1.54) is 28.2 Å². The monoisotopic (exact) mass is 897 g/mol. The number of nitrogens with zero attached hydrogens (tertiary/aromatic N) is 2. The number of aromatic nitrogens is 2. The number of hydrogen-bond acceptors (Lipinski definition) is 11. The van der Waals surface area contributed by atoms with Crippen LogP contribution in [0.5, 0.6) is 0 Å². The lowest BCUT2D eigenvalue weighted by molar-refractivity contribution is -0.289. The molecule has 0 bridgehead atoms. The molecule has 1 aromatic heterocycles. The highest BCUT2D eigenvalue weighted by Gasteiger charge is 2.77. The van der Waals surface area contributed by atoms with Crippen molar-refractivity contribution in [3.63, 3.8) is 0 Å². The number of ether oxygens (including phenoxy) is 4. The van der Waals surface area contributed by atoms with Gasteiger partial charge in [0.05, 0.1) is 65.5 Å². The third kappa shape index (κ3) is 5.25.